The molecule has 1 atom stereocenters. The first kappa shape index (κ1) is 21.9. The number of carbonyl (C=O) groups is 4. The number of nitrogens with zero attached hydrogens (tertiary/aromatic N) is 2. The summed E-state index contributed by atoms with van der Waals surface area (Å²) in [5.74, 6) is -2.76. The Hall–Kier alpha value is -3.76. The Morgan fingerprint density at radius 1 is 1.19 bits per heavy atom. The predicted octanol–water partition coefficient (Wildman–Crippen LogP) is 3.05. The smallest absolute Gasteiger partial charge is 0.342 e. The fraction of sp³-hybridized carbons (Fsp3) is 0.174. The van der Waals surface area contributed by atoms with Crippen LogP contribution in [0.15, 0.2) is 54.1 Å². The Balaban J connectivity index is 1.79. The maximum absolute atomic E-state index is 12.6. The molecule has 2 aromatic rings. The molecule has 0 spiro atoms. The van der Waals surface area contributed by atoms with Gasteiger partial charge in [-0.05, 0) is 30.2 Å². The van der Waals surface area contributed by atoms with Gasteiger partial charge in [0.2, 0.25) is 5.91 Å². The van der Waals surface area contributed by atoms with Crippen molar-refractivity contribution in [1.29, 1.82) is 5.26 Å². The molecular formula is C23H17ClN2O5. The van der Waals surface area contributed by atoms with Crippen molar-refractivity contribution in [2.45, 2.75) is 26.0 Å². The van der Waals surface area contributed by atoms with E-state index in [4.69, 9.17) is 21.6 Å². The number of carbonyl (C=O) groups excluding carboxylic acids is 4. The third-order valence-electron chi connectivity index (χ3n) is 4.68. The molecule has 0 N–H and O–H groups in total. The average Bonchev–Trinajstić information content (AvgIpc) is 3.00. The molecule has 1 heterocycles. The predicted molar refractivity (Wildman–Crippen MR) is 111 cm³/mol. The molecule has 1 fully saturated rings. The van der Waals surface area contributed by atoms with Crippen LogP contribution >= 0.6 is 11.6 Å². The van der Waals surface area contributed by atoms with Gasteiger partial charge in [0.05, 0.1) is 23.6 Å². The number of hydrogen-bond donors (Lipinski definition) is 0. The fourth-order valence-electron chi connectivity index (χ4n) is 3.08. The number of likely N-dealkylation sites (tertiary alicyclic amines) is 1. The fourth-order valence-corrected chi connectivity index (χ4v) is 3.30. The molecule has 0 aliphatic carbocycles. The number of ether oxygens (including phenoxy) is 1. The van der Waals surface area contributed by atoms with E-state index < -0.39 is 29.7 Å². The summed E-state index contributed by atoms with van der Waals surface area (Å²) in [5, 5.41) is 9.16. The highest BCUT2D eigenvalue weighted by molar-refractivity contribution is 6.33. The second kappa shape index (κ2) is 9.37. The van der Waals surface area contributed by atoms with Gasteiger partial charge in [0.1, 0.15) is 11.6 Å². The van der Waals surface area contributed by atoms with Gasteiger partial charge in [0.15, 0.2) is 11.9 Å². The summed E-state index contributed by atoms with van der Waals surface area (Å²) in [6.45, 7) is 1.23. The van der Waals surface area contributed by atoms with Crippen molar-refractivity contribution in [3.8, 4) is 6.07 Å². The topological polar surface area (TPSA) is 105 Å². The number of esters is 1. The number of halogens is 1. The Morgan fingerprint density at radius 2 is 1.90 bits per heavy atom. The van der Waals surface area contributed by atoms with Gasteiger partial charge in [-0.1, -0.05) is 54.1 Å². The minimum absolute atomic E-state index is 0.0680. The van der Waals surface area contributed by atoms with Gasteiger partial charge in [-0.2, -0.15) is 5.26 Å². The Labute approximate surface area is 183 Å². The molecule has 1 aliphatic heterocycles. The van der Waals surface area contributed by atoms with E-state index in [-0.39, 0.29) is 34.7 Å². The first-order valence-electron chi connectivity index (χ1n) is 9.32. The number of ketones is 1. The number of hydrogen-bond acceptors (Lipinski definition) is 6. The highest BCUT2D eigenvalue weighted by atomic mass is 35.5. The number of amides is 2. The van der Waals surface area contributed by atoms with Crippen LogP contribution in [0.5, 0.6) is 0 Å². The first-order valence-corrected chi connectivity index (χ1v) is 9.70. The molecule has 8 heteroatoms. The molecule has 7 nitrogen and oxygen atoms in total. The van der Waals surface area contributed by atoms with Gasteiger partial charge >= 0.3 is 5.97 Å². The zero-order chi connectivity index (χ0) is 22.5. The van der Waals surface area contributed by atoms with E-state index in [1.54, 1.807) is 30.3 Å². The Bertz CT molecular complexity index is 1130. The van der Waals surface area contributed by atoms with Gasteiger partial charge in [-0.15, -0.1) is 0 Å². The molecule has 1 saturated heterocycles. The molecule has 31 heavy (non-hydrogen) atoms. The standard InChI is InChI=1S/C23H17ClN2O5/c1-14(27)18(10-16-8-5-9-17(12-25)21(16)24)23(30)31-19-11-20(28)26(22(19)29)13-15-6-3-2-4-7-15/h2-10,19H,11,13H2,1H3/t19-/m0/s1. The SMILES string of the molecule is CC(=O)C(=Cc1cccc(C#N)c1Cl)C(=O)O[C@H]1CC(=O)N(Cc2ccccc2)C1=O. The number of Topliss-reactive ketones (excluding diaryl/α,β-unsaturated/α-hetero) is 1. The second-order valence-electron chi connectivity index (χ2n) is 6.84. The lowest BCUT2D eigenvalue weighted by molar-refractivity contribution is -0.154. The molecule has 156 valence electrons. The number of imide groups is 1. The average molecular weight is 437 g/mol. The largest absolute Gasteiger partial charge is 0.448 e. The van der Waals surface area contributed by atoms with Gasteiger partial charge in [-0.3, -0.25) is 19.3 Å². The summed E-state index contributed by atoms with van der Waals surface area (Å²) in [4.78, 5) is 50.6. The van der Waals surface area contributed by atoms with Crippen LogP contribution in [0, 0.1) is 11.3 Å². The lowest BCUT2D eigenvalue weighted by Gasteiger charge is -2.15. The summed E-state index contributed by atoms with van der Waals surface area (Å²) in [6.07, 6.45) is -0.406. The summed E-state index contributed by atoms with van der Waals surface area (Å²) >= 11 is 6.14. The lowest BCUT2D eigenvalue weighted by Crippen LogP contribution is -2.33. The van der Waals surface area contributed by atoms with Crippen LogP contribution in [0.25, 0.3) is 6.08 Å². The van der Waals surface area contributed by atoms with Crippen LogP contribution < -0.4 is 0 Å². The van der Waals surface area contributed by atoms with Crippen LogP contribution in [0.3, 0.4) is 0 Å². The summed E-state index contributed by atoms with van der Waals surface area (Å²) in [6, 6.07) is 15.4. The monoisotopic (exact) mass is 436 g/mol. The van der Waals surface area contributed by atoms with Crippen molar-refractivity contribution < 1.29 is 23.9 Å². The number of benzene rings is 2. The van der Waals surface area contributed by atoms with Crippen LogP contribution in [0.2, 0.25) is 5.02 Å². The quantitative estimate of drug-likeness (QED) is 0.226. The van der Waals surface area contributed by atoms with E-state index in [2.05, 4.69) is 0 Å². The molecule has 0 aromatic heterocycles. The van der Waals surface area contributed by atoms with Gasteiger partial charge < -0.3 is 4.74 Å². The normalized spacial score (nSPS) is 16.2. The van der Waals surface area contributed by atoms with E-state index in [0.717, 1.165) is 10.5 Å². The molecule has 0 saturated carbocycles. The lowest BCUT2D eigenvalue weighted by atomic mass is 10.1. The van der Waals surface area contributed by atoms with Crippen molar-refractivity contribution in [3.63, 3.8) is 0 Å². The van der Waals surface area contributed by atoms with Crippen molar-refractivity contribution in [2.75, 3.05) is 0 Å². The highest BCUT2D eigenvalue weighted by Crippen LogP contribution is 2.25. The second-order valence-corrected chi connectivity index (χ2v) is 7.21. The van der Waals surface area contributed by atoms with Crippen LogP contribution in [-0.4, -0.2) is 34.6 Å². The number of nitriles is 1. The van der Waals surface area contributed by atoms with Gasteiger partial charge in [0, 0.05) is 0 Å². The molecule has 2 aromatic carbocycles. The minimum Gasteiger partial charge on any atom is -0.448 e. The molecule has 0 unspecified atom stereocenters. The zero-order valence-electron chi connectivity index (χ0n) is 16.5. The van der Waals surface area contributed by atoms with E-state index >= 15 is 0 Å². The Kier molecular flexibility index (Phi) is 6.63. The third kappa shape index (κ3) is 4.87. The van der Waals surface area contributed by atoms with E-state index in [0.29, 0.717) is 0 Å². The maximum atomic E-state index is 12.6. The zero-order valence-corrected chi connectivity index (χ0v) is 17.3. The Morgan fingerprint density at radius 3 is 2.55 bits per heavy atom. The van der Waals surface area contributed by atoms with Crippen molar-refractivity contribution >= 4 is 41.2 Å². The van der Waals surface area contributed by atoms with Crippen molar-refractivity contribution in [1.82, 2.24) is 4.90 Å². The van der Waals surface area contributed by atoms with Crippen molar-refractivity contribution in [3.05, 3.63) is 75.8 Å². The highest BCUT2D eigenvalue weighted by Gasteiger charge is 2.41. The molecule has 0 radical (unpaired) electrons. The molecule has 1 aliphatic rings. The molecular weight excluding hydrogens is 420 g/mol. The van der Waals surface area contributed by atoms with E-state index in [9.17, 15) is 19.2 Å². The molecule has 2 amide bonds. The van der Waals surface area contributed by atoms with E-state index in [1.807, 2.05) is 12.1 Å². The third-order valence-corrected chi connectivity index (χ3v) is 5.11. The van der Waals surface area contributed by atoms with Crippen molar-refractivity contribution in [2.24, 2.45) is 0 Å². The summed E-state index contributed by atoms with van der Waals surface area (Å²) in [7, 11) is 0. The van der Waals surface area contributed by atoms with Crippen LogP contribution in [0.4, 0.5) is 0 Å². The summed E-state index contributed by atoms with van der Waals surface area (Å²) < 4.78 is 5.21. The maximum Gasteiger partial charge on any atom is 0.342 e. The van der Waals surface area contributed by atoms with Gasteiger partial charge in [-0.25, -0.2) is 4.79 Å². The first-order chi connectivity index (χ1) is 14.8. The minimum atomic E-state index is -1.31. The summed E-state index contributed by atoms with van der Waals surface area (Å²) in [5.41, 5.74) is 0.869. The van der Waals surface area contributed by atoms with Gasteiger partial charge in [0.25, 0.3) is 5.91 Å². The van der Waals surface area contributed by atoms with Crippen LogP contribution in [0.1, 0.15) is 30.0 Å². The van der Waals surface area contributed by atoms with Crippen LogP contribution in [-0.2, 0) is 30.5 Å². The molecule has 0 bridgehead atoms. The number of rotatable bonds is 6. The molecule has 3 rings (SSSR count). The van der Waals surface area contributed by atoms with E-state index in [1.165, 1.54) is 25.1 Å².